The number of carbonyl (C=O) groups excluding carboxylic acids is 3. The molecule has 4 amide bonds. The molecule has 3 N–H and O–H groups in total. The third kappa shape index (κ3) is 5.46. The van der Waals surface area contributed by atoms with E-state index in [0.717, 1.165) is 12.0 Å². The maximum atomic E-state index is 12.7. The van der Waals surface area contributed by atoms with Crippen LogP contribution in [0.1, 0.15) is 37.4 Å². The van der Waals surface area contributed by atoms with Crippen molar-refractivity contribution in [1.29, 1.82) is 0 Å². The number of benzene rings is 2. The van der Waals surface area contributed by atoms with Gasteiger partial charge in [0.15, 0.2) is 0 Å². The fourth-order valence-electron chi connectivity index (χ4n) is 3.66. The molecule has 1 heterocycles. The molecule has 1 aliphatic rings. The van der Waals surface area contributed by atoms with Crippen LogP contribution in [0.15, 0.2) is 53.7 Å². The fourth-order valence-corrected chi connectivity index (χ4v) is 3.84. The minimum Gasteiger partial charge on any atom is -0.466 e. The number of allylic oxidation sites excluding steroid dienone is 1. The number of amides is 4. The average molecular weight is 471 g/mol. The molecular formula is C24H27ClN4O4. The monoisotopic (exact) mass is 470 g/mol. The standard InChI is InChI=1S/C24H27ClN4O4/c1-5-11-29-15(3)20(22(30)33-4)21(28-24(29)32)16-7-6-8-17(12-16)26-23(31)27-18-10-9-14(2)19(25)13-18/h6-10,12-13,21H,5,11H2,1-4H3,(H,28,32)(H2,26,27,31). The predicted octanol–water partition coefficient (Wildman–Crippen LogP) is 5.22. The number of halogens is 1. The number of hydrogen-bond donors (Lipinski definition) is 3. The Morgan fingerprint density at radius 1 is 1.12 bits per heavy atom. The van der Waals surface area contributed by atoms with Gasteiger partial charge in [-0.25, -0.2) is 14.4 Å². The van der Waals surface area contributed by atoms with Gasteiger partial charge < -0.3 is 20.7 Å². The van der Waals surface area contributed by atoms with Gasteiger partial charge in [-0.1, -0.05) is 36.7 Å². The Bertz CT molecular complexity index is 1120. The molecule has 0 aliphatic carbocycles. The SMILES string of the molecule is CCCN1C(=O)NC(c2cccc(NC(=O)Nc3ccc(C)c(Cl)c3)c2)C(C(=O)OC)=C1C. The Kier molecular flexibility index (Phi) is 7.60. The van der Waals surface area contributed by atoms with Gasteiger partial charge in [0.25, 0.3) is 0 Å². The summed E-state index contributed by atoms with van der Waals surface area (Å²) in [5, 5.41) is 8.93. The van der Waals surface area contributed by atoms with Crippen LogP contribution in [-0.4, -0.2) is 36.6 Å². The van der Waals surface area contributed by atoms with E-state index in [1.807, 2.05) is 19.9 Å². The first-order valence-electron chi connectivity index (χ1n) is 10.6. The summed E-state index contributed by atoms with van der Waals surface area (Å²) in [4.78, 5) is 39.3. The maximum absolute atomic E-state index is 12.7. The van der Waals surface area contributed by atoms with E-state index in [1.54, 1.807) is 43.3 Å². The van der Waals surface area contributed by atoms with Crippen molar-refractivity contribution in [3.63, 3.8) is 0 Å². The lowest BCUT2D eigenvalue weighted by Crippen LogP contribution is -2.48. The van der Waals surface area contributed by atoms with E-state index < -0.39 is 18.0 Å². The molecule has 3 rings (SSSR count). The maximum Gasteiger partial charge on any atom is 0.337 e. The molecule has 1 unspecified atom stereocenters. The van der Waals surface area contributed by atoms with Gasteiger partial charge in [-0.2, -0.15) is 0 Å². The predicted molar refractivity (Wildman–Crippen MR) is 128 cm³/mol. The Balaban J connectivity index is 1.85. The zero-order valence-electron chi connectivity index (χ0n) is 19.0. The molecule has 0 radical (unpaired) electrons. The number of urea groups is 2. The van der Waals surface area contributed by atoms with E-state index >= 15 is 0 Å². The number of nitrogens with zero attached hydrogens (tertiary/aromatic N) is 1. The minimum atomic E-state index is -0.709. The molecule has 0 saturated carbocycles. The summed E-state index contributed by atoms with van der Waals surface area (Å²) in [6.45, 7) is 6.04. The second-order valence-electron chi connectivity index (χ2n) is 7.69. The van der Waals surface area contributed by atoms with Gasteiger partial charge in [0.1, 0.15) is 0 Å². The van der Waals surface area contributed by atoms with Crippen molar-refractivity contribution in [3.8, 4) is 0 Å². The van der Waals surface area contributed by atoms with Gasteiger partial charge in [0, 0.05) is 28.6 Å². The van der Waals surface area contributed by atoms with Gasteiger partial charge in [-0.3, -0.25) is 4.90 Å². The van der Waals surface area contributed by atoms with Gasteiger partial charge in [-0.15, -0.1) is 0 Å². The second-order valence-corrected chi connectivity index (χ2v) is 8.10. The second kappa shape index (κ2) is 10.4. The summed E-state index contributed by atoms with van der Waals surface area (Å²) in [5.41, 5.74) is 3.49. The summed E-state index contributed by atoms with van der Waals surface area (Å²) < 4.78 is 4.99. The molecule has 33 heavy (non-hydrogen) atoms. The van der Waals surface area contributed by atoms with E-state index in [9.17, 15) is 14.4 Å². The Labute approximate surface area is 197 Å². The number of ether oxygens (including phenoxy) is 1. The smallest absolute Gasteiger partial charge is 0.337 e. The number of aryl methyl sites for hydroxylation is 1. The first-order valence-corrected chi connectivity index (χ1v) is 10.9. The molecule has 9 heteroatoms. The van der Waals surface area contributed by atoms with Crippen molar-refractivity contribution >= 4 is 41.0 Å². The van der Waals surface area contributed by atoms with Crippen LogP contribution >= 0.6 is 11.6 Å². The summed E-state index contributed by atoms with van der Waals surface area (Å²) >= 11 is 6.12. The Morgan fingerprint density at radius 2 is 1.82 bits per heavy atom. The van der Waals surface area contributed by atoms with E-state index in [-0.39, 0.29) is 6.03 Å². The third-order valence-corrected chi connectivity index (χ3v) is 5.76. The summed E-state index contributed by atoms with van der Waals surface area (Å²) in [6.07, 6.45) is 0.741. The lowest BCUT2D eigenvalue weighted by molar-refractivity contribution is -0.136. The fraction of sp³-hybridized carbons (Fsp3) is 0.292. The number of nitrogens with one attached hydrogen (secondary N) is 3. The van der Waals surface area contributed by atoms with Crippen LogP contribution in [0.25, 0.3) is 0 Å². The minimum absolute atomic E-state index is 0.292. The molecule has 8 nitrogen and oxygen atoms in total. The van der Waals surface area contributed by atoms with Gasteiger partial charge in [0.2, 0.25) is 0 Å². The number of esters is 1. The molecule has 0 saturated heterocycles. The first-order chi connectivity index (χ1) is 15.7. The lowest BCUT2D eigenvalue weighted by Gasteiger charge is -2.35. The van der Waals surface area contributed by atoms with Crippen molar-refractivity contribution in [2.24, 2.45) is 0 Å². The zero-order chi connectivity index (χ0) is 24.1. The molecule has 0 aromatic heterocycles. The third-order valence-electron chi connectivity index (χ3n) is 5.36. The van der Waals surface area contributed by atoms with Crippen LogP contribution in [0.4, 0.5) is 21.0 Å². The summed E-state index contributed by atoms with van der Waals surface area (Å²) in [5.74, 6) is -0.522. The molecule has 174 valence electrons. The highest BCUT2D eigenvalue weighted by atomic mass is 35.5. The Morgan fingerprint density at radius 3 is 2.45 bits per heavy atom. The zero-order valence-corrected chi connectivity index (χ0v) is 19.7. The van der Waals surface area contributed by atoms with Crippen molar-refractivity contribution < 1.29 is 19.1 Å². The van der Waals surface area contributed by atoms with Crippen molar-refractivity contribution in [1.82, 2.24) is 10.2 Å². The lowest BCUT2D eigenvalue weighted by atomic mass is 9.94. The van der Waals surface area contributed by atoms with Crippen LogP contribution in [0.3, 0.4) is 0 Å². The normalized spacial score (nSPS) is 15.7. The van der Waals surface area contributed by atoms with E-state index in [2.05, 4.69) is 16.0 Å². The summed E-state index contributed by atoms with van der Waals surface area (Å²) in [7, 11) is 1.31. The van der Waals surface area contributed by atoms with E-state index in [4.69, 9.17) is 16.3 Å². The van der Waals surface area contributed by atoms with Crippen LogP contribution in [0.5, 0.6) is 0 Å². The topological polar surface area (TPSA) is 99.8 Å². The molecule has 0 fully saturated rings. The molecule has 2 aromatic rings. The highest BCUT2D eigenvalue weighted by Gasteiger charge is 2.36. The highest BCUT2D eigenvalue weighted by Crippen LogP contribution is 2.32. The van der Waals surface area contributed by atoms with Crippen LogP contribution in [0, 0.1) is 6.92 Å². The van der Waals surface area contributed by atoms with Crippen LogP contribution in [0.2, 0.25) is 5.02 Å². The molecule has 1 aliphatic heterocycles. The number of carbonyl (C=O) groups is 3. The summed E-state index contributed by atoms with van der Waals surface area (Å²) in [6, 6.07) is 10.7. The van der Waals surface area contributed by atoms with Crippen LogP contribution < -0.4 is 16.0 Å². The van der Waals surface area contributed by atoms with E-state index in [0.29, 0.717) is 39.8 Å². The molecular weight excluding hydrogens is 444 g/mol. The van der Waals surface area contributed by atoms with Crippen LogP contribution in [-0.2, 0) is 9.53 Å². The molecule has 2 aromatic carbocycles. The van der Waals surface area contributed by atoms with Crippen molar-refractivity contribution in [3.05, 3.63) is 69.9 Å². The van der Waals surface area contributed by atoms with Gasteiger partial charge in [-0.05, 0) is 55.7 Å². The quantitative estimate of drug-likeness (QED) is 0.504. The number of methoxy groups -OCH3 is 1. The van der Waals surface area contributed by atoms with Crippen molar-refractivity contribution in [2.45, 2.75) is 33.2 Å². The number of hydrogen-bond acceptors (Lipinski definition) is 4. The van der Waals surface area contributed by atoms with E-state index in [1.165, 1.54) is 12.0 Å². The highest BCUT2D eigenvalue weighted by molar-refractivity contribution is 6.31. The van der Waals surface area contributed by atoms with Gasteiger partial charge in [0.05, 0.1) is 18.7 Å². The average Bonchev–Trinajstić information content (AvgIpc) is 2.78. The number of rotatable bonds is 6. The van der Waals surface area contributed by atoms with Crippen molar-refractivity contribution in [2.75, 3.05) is 24.3 Å². The Hall–Kier alpha value is -3.52. The molecule has 1 atom stereocenters. The molecule has 0 bridgehead atoms. The van der Waals surface area contributed by atoms with Gasteiger partial charge >= 0.3 is 18.0 Å². The number of anilines is 2. The first kappa shape index (κ1) is 24.1. The largest absolute Gasteiger partial charge is 0.466 e. The molecule has 0 spiro atoms.